The number of rotatable bonds is 1. The molecule has 0 aliphatic heterocycles. The number of carbonyl (C=O) groups excluding carboxylic acids is 1. The lowest BCUT2D eigenvalue weighted by atomic mass is 10.1. The van der Waals surface area contributed by atoms with Crippen LogP contribution >= 0.6 is 15.9 Å². The highest BCUT2D eigenvalue weighted by Crippen LogP contribution is 2.22. The number of halogens is 1. The van der Waals surface area contributed by atoms with Crippen LogP contribution in [0.1, 0.15) is 16.1 Å². The zero-order chi connectivity index (χ0) is 12.6. The van der Waals surface area contributed by atoms with E-state index in [2.05, 4.69) is 25.7 Å². The lowest BCUT2D eigenvalue weighted by molar-refractivity contribution is 0.0594. The highest BCUT2D eigenvalue weighted by atomic mass is 79.9. The summed E-state index contributed by atoms with van der Waals surface area (Å²) in [6.45, 7) is 1.85. The average molecular weight is 296 g/mol. The van der Waals surface area contributed by atoms with Gasteiger partial charge in [0.25, 0.3) is 0 Å². The molecule has 88 valence electrons. The third-order valence-corrected chi connectivity index (χ3v) is 3.21. The Labute approximate surface area is 106 Å². The molecule has 0 saturated heterocycles. The number of aromatic amines is 1. The number of pyridine rings is 1. The monoisotopic (exact) mass is 295 g/mol. The Morgan fingerprint density at radius 3 is 2.76 bits per heavy atom. The van der Waals surface area contributed by atoms with Gasteiger partial charge in [-0.2, -0.15) is 0 Å². The van der Waals surface area contributed by atoms with Gasteiger partial charge in [0.1, 0.15) is 5.69 Å². The number of esters is 1. The Morgan fingerprint density at radius 2 is 2.12 bits per heavy atom. The highest BCUT2D eigenvalue weighted by Gasteiger charge is 2.12. The van der Waals surface area contributed by atoms with Crippen molar-refractivity contribution >= 4 is 32.8 Å². The SMILES string of the molecule is COC(=O)c1cc(=O)c2c(C)ccc(Br)c2[nH]1. The molecule has 1 N–H and O–H groups in total. The number of ether oxygens (including phenoxy) is 1. The molecule has 17 heavy (non-hydrogen) atoms. The third-order valence-electron chi connectivity index (χ3n) is 2.55. The molecular weight excluding hydrogens is 286 g/mol. The van der Waals surface area contributed by atoms with E-state index in [1.807, 2.05) is 19.1 Å². The summed E-state index contributed by atoms with van der Waals surface area (Å²) in [4.78, 5) is 26.2. The normalized spacial score (nSPS) is 10.5. The highest BCUT2D eigenvalue weighted by molar-refractivity contribution is 9.10. The van der Waals surface area contributed by atoms with E-state index in [9.17, 15) is 9.59 Å². The van der Waals surface area contributed by atoms with Crippen LogP contribution in [0.2, 0.25) is 0 Å². The van der Waals surface area contributed by atoms with E-state index in [0.29, 0.717) is 10.9 Å². The van der Waals surface area contributed by atoms with E-state index in [-0.39, 0.29) is 11.1 Å². The molecule has 0 atom stereocenters. The van der Waals surface area contributed by atoms with Gasteiger partial charge >= 0.3 is 5.97 Å². The van der Waals surface area contributed by atoms with E-state index in [1.54, 1.807) is 0 Å². The van der Waals surface area contributed by atoms with Crippen LogP contribution in [0, 0.1) is 6.92 Å². The minimum Gasteiger partial charge on any atom is -0.464 e. The van der Waals surface area contributed by atoms with E-state index in [4.69, 9.17) is 0 Å². The van der Waals surface area contributed by atoms with Crippen molar-refractivity contribution in [2.45, 2.75) is 6.92 Å². The molecule has 1 aromatic heterocycles. The molecule has 0 spiro atoms. The van der Waals surface area contributed by atoms with Gasteiger partial charge < -0.3 is 9.72 Å². The molecule has 0 aliphatic rings. The largest absolute Gasteiger partial charge is 0.464 e. The van der Waals surface area contributed by atoms with Crippen molar-refractivity contribution in [1.82, 2.24) is 4.98 Å². The van der Waals surface area contributed by atoms with Crippen molar-refractivity contribution in [2.24, 2.45) is 0 Å². The second kappa shape index (κ2) is 4.33. The first-order valence-electron chi connectivity index (χ1n) is 4.95. The van der Waals surface area contributed by atoms with E-state index >= 15 is 0 Å². The van der Waals surface area contributed by atoms with E-state index in [0.717, 1.165) is 10.0 Å². The predicted molar refractivity (Wildman–Crippen MR) is 68.3 cm³/mol. The maximum atomic E-state index is 11.9. The molecule has 0 aliphatic carbocycles. The zero-order valence-corrected chi connectivity index (χ0v) is 10.9. The first-order chi connectivity index (χ1) is 8.04. The van der Waals surface area contributed by atoms with Gasteiger partial charge in [-0.15, -0.1) is 0 Å². The number of benzene rings is 1. The third kappa shape index (κ3) is 1.98. The zero-order valence-electron chi connectivity index (χ0n) is 9.33. The number of H-pyrrole nitrogens is 1. The topological polar surface area (TPSA) is 59.2 Å². The number of aromatic nitrogens is 1. The Bertz CT molecular complexity index is 661. The molecule has 2 aromatic rings. The van der Waals surface area contributed by atoms with Crippen molar-refractivity contribution in [3.05, 3.63) is 44.2 Å². The van der Waals surface area contributed by atoms with Crippen LogP contribution in [0.4, 0.5) is 0 Å². The van der Waals surface area contributed by atoms with Crippen LogP contribution in [-0.4, -0.2) is 18.1 Å². The van der Waals surface area contributed by atoms with Gasteiger partial charge in [0.15, 0.2) is 5.43 Å². The number of carbonyl (C=O) groups is 1. The standard InChI is InChI=1S/C12H10BrNO3/c1-6-3-4-7(13)11-10(6)9(15)5-8(14-11)12(16)17-2/h3-5H,1-2H3,(H,14,15). The summed E-state index contributed by atoms with van der Waals surface area (Å²) >= 11 is 3.35. The Morgan fingerprint density at radius 1 is 1.41 bits per heavy atom. The Hall–Kier alpha value is -1.62. The molecule has 0 saturated carbocycles. The molecule has 0 amide bonds. The smallest absolute Gasteiger partial charge is 0.354 e. The number of hydrogen-bond acceptors (Lipinski definition) is 3. The van der Waals surface area contributed by atoms with Gasteiger partial charge in [0.2, 0.25) is 0 Å². The van der Waals surface area contributed by atoms with Gasteiger partial charge in [-0.25, -0.2) is 4.79 Å². The van der Waals surface area contributed by atoms with Crippen LogP contribution in [0.3, 0.4) is 0 Å². The quantitative estimate of drug-likeness (QED) is 0.822. The van der Waals surface area contributed by atoms with Crippen molar-refractivity contribution in [1.29, 1.82) is 0 Å². The Kier molecular flexibility index (Phi) is 3.02. The summed E-state index contributed by atoms with van der Waals surface area (Å²) in [7, 11) is 1.27. The maximum absolute atomic E-state index is 11.9. The second-order valence-corrected chi connectivity index (χ2v) is 4.51. The summed E-state index contributed by atoms with van der Waals surface area (Å²) in [5.74, 6) is -0.558. The fourth-order valence-corrected chi connectivity index (χ4v) is 2.14. The van der Waals surface area contributed by atoms with Gasteiger partial charge in [-0.1, -0.05) is 6.07 Å². The summed E-state index contributed by atoms with van der Waals surface area (Å²) in [5.41, 5.74) is 1.42. The van der Waals surface area contributed by atoms with E-state index in [1.165, 1.54) is 13.2 Å². The number of fused-ring (bicyclic) bond motifs is 1. The van der Waals surface area contributed by atoms with Gasteiger partial charge in [0.05, 0.1) is 12.6 Å². The molecule has 1 heterocycles. The number of hydrogen-bond donors (Lipinski definition) is 1. The van der Waals surface area contributed by atoms with Crippen LogP contribution in [0.15, 0.2) is 27.5 Å². The molecule has 0 bridgehead atoms. The minimum atomic E-state index is -0.558. The molecule has 5 heteroatoms. The van der Waals surface area contributed by atoms with Gasteiger partial charge in [0, 0.05) is 15.9 Å². The van der Waals surface area contributed by atoms with Crippen LogP contribution in [0.25, 0.3) is 10.9 Å². The summed E-state index contributed by atoms with van der Waals surface area (Å²) in [6.07, 6.45) is 0. The lowest BCUT2D eigenvalue weighted by Crippen LogP contribution is -2.12. The summed E-state index contributed by atoms with van der Waals surface area (Å²) < 4.78 is 5.32. The molecule has 0 radical (unpaired) electrons. The molecule has 4 nitrogen and oxygen atoms in total. The van der Waals surface area contributed by atoms with Crippen LogP contribution < -0.4 is 5.43 Å². The molecule has 1 aromatic carbocycles. The second-order valence-electron chi connectivity index (χ2n) is 3.65. The van der Waals surface area contributed by atoms with Crippen molar-refractivity contribution in [2.75, 3.05) is 7.11 Å². The maximum Gasteiger partial charge on any atom is 0.354 e. The fourth-order valence-electron chi connectivity index (χ4n) is 1.72. The minimum absolute atomic E-state index is 0.149. The number of nitrogens with one attached hydrogen (secondary N) is 1. The van der Waals surface area contributed by atoms with Crippen molar-refractivity contribution < 1.29 is 9.53 Å². The molecular formula is C12H10BrNO3. The van der Waals surface area contributed by atoms with Crippen LogP contribution in [-0.2, 0) is 4.74 Å². The first-order valence-corrected chi connectivity index (χ1v) is 5.74. The van der Waals surface area contributed by atoms with Gasteiger partial charge in [-0.05, 0) is 34.5 Å². The molecule has 0 fully saturated rings. The lowest BCUT2D eigenvalue weighted by Gasteiger charge is -2.06. The summed E-state index contributed by atoms with van der Waals surface area (Å²) in [5, 5.41) is 0.576. The van der Waals surface area contributed by atoms with Crippen molar-refractivity contribution in [3.8, 4) is 0 Å². The molecule has 2 rings (SSSR count). The number of aryl methyl sites for hydroxylation is 1. The van der Waals surface area contributed by atoms with E-state index < -0.39 is 5.97 Å². The first kappa shape index (κ1) is 11.9. The summed E-state index contributed by atoms with van der Waals surface area (Å²) in [6, 6.07) is 4.93. The van der Waals surface area contributed by atoms with Crippen LogP contribution in [0.5, 0.6) is 0 Å². The van der Waals surface area contributed by atoms with Gasteiger partial charge in [-0.3, -0.25) is 4.79 Å². The predicted octanol–water partition coefficient (Wildman–Crippen LogP) is 2.39. The number of methoxy groups -OCH3 is 1. The Balaban J connectivity index is 2.87. The fraction of sp³-hybridized carbons (Fsp3) is 0.167. The molecule has 0 unspecified atom stereocenters. The van der Waals surface area contributed by atoms with Crippen molar-refractivity contribution in [3.63, 3.8) is 0 Å². The average Bonchev–Trinajstić information content (AvgIpc) is 2.32.